The van der Waals surface area contributed by atoms with Crippen molar-refractivity contribution in [2.75, 3.05) is 31.9 Å². The Balaban J connectivity index is 1.51. The number of nitrogens with one attached hydrogen (secondary N) is 1. The predicted molar refractivity (Wildman–Crippen MR) is 92.3 cm³/mol. The summed E-state index contributed by atoms with van der Waals surface area (Å²) in [7, 11) is 0. The molecule has 0 bridgehead atoms. The van der Waals surface area contributed by atoms with Crippen molar-refractivity contribution in [2.45, 2.75) is 31.1 Å². The summed E-state index contributed by atoms with van der Waals surface area (Å²) in [6.07, 6.45) is 0. The maximum Gasteiger partial charge on any atom is 0.232 e. The van der Waals surface area contributed by atoms with Crippen LogP contribution < -0.4 is 5.32 Å². The lowest BCUT2D eigenvalue weighted by Gasteiger charge is -2.19. The van der Waals surface area contributed by atoms with E-state index in [2.05, 4.69) is 55.3 Å². The van der Waals surface area contributed by atoms with Gasteiger partial charge in [-0.3, -0.25) is 4.79 Å². The second-order valence-electron chi connectivity index (χ2n) is 7.54. The molecule has 0 unspecified atom stereocenters. The molecule has 3 rings (SSSR count). The van der Waals surface area contributed by atoms with Gasteiger partial charge in [-0.25, -0.2) is 0 Å². The van der Waals surface area contributed by atoms with Gasteiger partial charge < -0.3 is 10.2 Å². The van der Waals surface area contributed by atoms with Gasteiger partial charge in [-0.05, 0) is 34.9 Å². The molecule has 1 aromatic carbocycles. The van der Waals surface area contributed by atoms with Gasteiger partial charge in [0.2, 0.25) is 5.91 Å². The minimum Gasteiger partial charge on any atom is -0.341 e. The van der Waals surface area contributed by atoms with Crippen LogP contribution in [0.2, 0.25) is 0 Å². The standard InChI is InChI=1S/C18H26N2OS/c1-18(2,3)15-4-6-16(7-5-15)22-12-17(21)20-10-13-8-19-9-14(13)11-20/h4-7,13-14,19H,8-12H2,1-3H3/t13-,14+. The molecule has 0 aliphatic carbocycles. The highest BCUT2D eigenvalue weighted by atomic mass is 32.2. The van der Waals surface area contributed by atoms with Crippen molar-refractivity contribution in [2.24, 2.45) is 11.8 Å². The van der Waals surface area contributed by atoms with Crippen LogP contribution in [0.5, 0.6) is 0 Å². The van der Waals surface area contributed by atoms with Gasteiger partial charge in [0.25, 0.3) is 0 Å². The van der Waals surface area contributed by atoms with E-state index >= 15 is 0 Å². The monoisotopic (exact) mass is 318 g/mol. The molecule has 1 aromatic rings. The zero-order valence-corrected chi connectivity index (χ0v) is 14.6. The second kappa shape index (κ2) is 6.25. The number of hydrogen-bond donors (Lipinski definition) is 1. The van der Waals surface area contributed by atoms with Gasteiger partial charge >= 0.3 is 0 Å². The summed E-state index contributed by atoms with van der Waals surface area (Å²) in [6, 6.07) is 8.64. The van der Waals surface area contributed by atoms with Gasteiger partial charge in [-0.15, -0.1) is 11.8 Å². The minimum absolute atomic E-state index is 0.181. The smallest absolute Gasteiger partial charge is 0.232 e. The van der Waals surface area contributed by atoms with E-state index in [4.69, 9.17) is 0 Å². The number of fused-ring (bicyclic) bond motifs is 1. The Morgan fingerprint density at radius 2 is 1.77 bits per heavy atom. The molecular formula is C18H26N2OS. The molecule has 0 spiro atoms. The SMILES string of the molecule is CC(C)(C)c1ccc(SCC(=O)N2C[C@H]3CNC[C@H]3C2)cc1. The Hall–Kier alpha value is -1.00. The van der Waals surface area contributed by atoms with Crippen LogP contribution in [0.4, 0.5) is 0 Å². The molecule has 1 amide bonds. The van der Waals surface area contributed by atoms with E-state index in [0.717, 1.165) is 26.2 Å². The lowest BCUT2D eigenvalue weighted by molar-refractivity contribution is -0.127. The van der Waals surface area contributed by atoms with Crippen LogP contribution in [0, 0.1) is 11.8 Å². The number of hydrogen-bond acceptors (Lipinski definition) is 3. The van der Waals surface area contributed by atoms with Gasteiger partial charge in [-0.2, -0.15) is 0 Å². The third kappa shape index (κ3) is 3.49. The van der Waals surface area contributed by atoms with Gasteiger partial charge in [0.15, 0.2) is 0 Å². The number of likely N-dealkylation sites (tertiary alicyclic amines) is 1. The lowest BCUT2D eigenvalue weighted by atomic mass is 9.87. The van der Waals surface area contributed by atoms with E-state index in [0.29, 0.717) is 23.5 Å². The van der Waals surface area contributed by atoms with Crippen LogP contribution in [-0.2, 0) is 10.2 Å². The summed E-state index contributed by atoms with van der Waals surface area (Å²) >= 11 is 1.66. The van der Waals surface area contributed by atoms with Gasteiger partial charge in [0.1, 0.15) is 0 Å². The Bertz CT molecular complexity index is 523. The second-order valence-corrected chi connectivity index (χ2v) is 8.59. The largest absolute Gasteiger partial charge is 0.341 e. The fourth-order valence-corrected chi connectivity index (χ4v) is 4.15. The molecule has 0 saturated carbocycles. The van der Waals surface area contributed by atoms with Crippen molar-refractivity contribution in [1.82, 2.24) is 10.2 Å². The number of rotatable bonds is 3. The fraction of sp³-hybridized carbons (Fsp3) is 0.611. The van der Waals surface area contributed by atoms with Crippen LogP contribution >= 0.6 is 11.8 Å². The molecule has 3 nitrogen and oxygen atoms in total. The van der Waals surface area contributed by atoms with Gasteiger partial charge in [0, 0.05) is 31.1 Å². The molecule has 0 radical (unpaired) electrons. The molecule has 0 aromatic heterocycles. The summed E-state index contributed by atoms with van der Waals surface area (Å²) in [5, 5.41) is 3.42. The molecule has 2 heterocycles. The van der Waals surface area contributed by atoms with Crippen molar-refractivity contribution in [3.05, 3.63) is 29.8 Å². The highest BCUT2D eigenvalue weighted by Gasteiger charge is 2.37. The molecule has 120 valence electrons. The number of carbonyl (C=O) groups excluding carboxylic acids is 1. The molecule has 1 N–H and O–H groups in total. The first-order valence-electron chi connectivity index (χ1n) is 8.15. The number of nitrogens with zero attached hydrogens (tertiary/aromatic N) is 1. The van der Waals surface area contributed by atoms with E-state index in [-0.39, 0.29) is 5.41 Å². The summed E-state index contributed by atoms with van der Waals surface area (Å²) < 4.78 is 0. The highest BCUT2D eigenvalue weighted by Crippen LogP contribution is 2.28. The Kier molecular flexibility index (Phi) is 4.51. The molecule has 22 heavy (non-hydrogen) atoms. The quantitative estimate of drug-likeness (QED) is 0.870. The van der Waals surface area contributed by atoms with Crippen LogP contribution in [0.3, 0.4) is 0 Å². The van der Waals surface area contributed by atoms with E-state index < -0.39 is 0 Å². The van der Waals surface area contributed by atoms with Gasteiger partial charge in [-0.1, -0.05) is 32.9 Å². The van der Waals surface area contributed by atoms with Crippen LogP contribution in [0.25, 0.3) is 0 Å². The van der Waals surface area contributed by atoms with Crippen molar-refractivity contribution in [3.8, 4) is 0 Å². The van der Waals surface area contributed by atoms with Crippen molar-refractivity contribution in [3.63, 3.8) is 0 Å². The van der Waals surface area contributed by atoms with Crippen LogP contribution in [-0.4, -0.2) is 42.7 Å². The first kappa shape index (κ1) is 15.9. The zero-order valence-electron chi connectivity index (χ0n) is 13.8. The third-order valence-corrected chi connectivity index (χ3v) is 5.82. The van der Waals surface area contributed by atoms with Crippen molar-refractivity contribution < 1.29 is 4.79 Å². The van der Waals surface area contributed by atoms with E-state index in [9.17, 15) is 4.79 Å². The number of amides is 1. The summed E-state index contributed by atoms with van der Waals surface area (Å²) in [5.74, 6) is 2.21. The van der Waals surface area contributed by atoms with Crippen molar-refractivity contribution >= 4 is 17.7 Å². The molecule has 2 aliphatic heterocycles. The first-order chi connectivity index (χ1) is 10.4. The normalized spacial score (nSPS) is 24.6. The van der Waals surface area contributed by atoms with Gasteiger partial charge in [0.05, 0.1) is 5.75 Å². The molecule has 4 heteroatoms. The maximum absolute atomic E-state index is 12.4. The highest BCUT2D eigenvalue weighted by molar-refractivity contribution is 8.00. The summed E-state index contributed by atoms with van der Waals surface area (Å²) in [4.78, 5) is 15.6. The lowest BCUT2D eigenvalue weighted by Crippen LogP contribution is -2.33. The third-order valence-electron chi connectivity index (χ3n) is 4.82. The Morgan fingerprint density at radius 1 is 1.18 bits per heavy atom. The topological polar surface area (TPSA) is 32.3 Å². The average Bonchev–Trinajstić information content (AvgIpc) is 3.05. The van der Waals surface area contributed by atoms with Crippen LogP contribution in [0.1, 0.15) is 26.3 Å². The van der Waals surface area contributed by atoms with E-state index in [1.807, 2.05) is 0 Å². The van der Waals surface area contributed by atoms with E-state index in [1.165, 1.54) is 10.5 Å². The first-order valence-corrected chi connectivity index (χ1v) is 9.14. The molecular weight excluding hydrogens is 292 g/mol. The van der Waals surface area contributed by atoms with E-state index in [1.54, 1.807) is 11.8 Å². The molecule has 2 aliphatic rings. The fourth-order valence-electron chi connectivity index (χ4n) is 3.35. The minimum atomic E-state index is 0.181. The Labute approximate surface area is 137 Å². The number of thioether (sulfide) groups is 1. The molecule has 2 atom stereocenters. The van der Waals surface area contributed by atoms with Crippen molar-refractivity contribution in [1.29, 1.82) is 0 Å². The molecule has 2 fully saturated rings. The number of carbonyl (C=O) groups is 1. The maximum atomic E-state index is 12.4. The summed E-state index contributed by atoms with van der Waals surface area (Å²) in [5.41, 5.74) is 1.52. The summed E-state index contributed by atoms with van der Waals surface area (Å²) in [6.45, 7) is 10.7. The Morgan fingerprint density at radius 3 is 2.32 bits per heavy atom. The zero-order chi connectivity index (χ0) is 15.7. The van der Waals surface area contributed by atoms with Crippen LogP contribution in [0.15, 0.2) is 29.2 Å². The molecule has 2 saturated heterocycles. The number of benzene rings is 1. The average molecular weight is 318 g/mol. The predicted octanol–water partition coefficient (Wildman–Crippen LogP) is 2.75.